The topological polar surface area (TPSA) is 38.3 Å². The average molecular weight is 189 g/mol. The number of hydrogen-bond donors (Lipinski definition) is 1. The second-order valence-electron chi connectivity index (χ2n) is 3.01. The standard InChI is InChI=1S/C11H11NO2/c13-10(8-11-12-6-7-14-11)9-4-2-1-3-5-9/h1-5,8,12H,6-7H2/b11-8-. The van der Waals surface area contributed by atoms with Crippen LogP contribution in [0.2, 0.25) is 0 Å². The largest absolute Gasteiger partial charge is 0.477 e. The predicted octanol–water partition coefficient (Wildman–Crippen LogP) is 1.33. The highest BCUT2D eigenvalue weighted by Crippen LogP contribution is 2.05. The molecule has 1 aliphatic heterocycles. The quantitative estimate of drug-likeness (QED) is 0.563. The van der Waals surface area contributed by atoms with Gasteiger partial charge in [-0.25, -0.2) is 0 Å². The van der Waals surface area contributed by atoms with Gasteiger partial charge in [-0.3, -0.25) is 4.79 Å². The minimum atomic E-state index is -0.0324. The molecule has 0 atom stereocenters. The highest BCUT2D eigenvalue weighted by Gasteiger charge is 2.09. The van der Waals surface area contributed by atoms with Gasteiger partial charge in [-0.15, -0.1) is 0 Å². The summed E-state index contributed by atoms with van der Waals surface area (Å²) in [5, 5.41) is 2.98. The molecule has 0 spiro atoms. The van der Waals surface area contributed by atoms with Crippen LogP contribution in [0.1, 0.15) is 10.4 Å². The fourth-order valence-corrected chi connectivity index (χ4v) is 1.28. The van der Waals surface area contributed by atoms with E-state index in [1.165, 1.54) is 6.08 Å². The second kappa shape index (κ2) is 3.96. The van der Waals surface area contributed by atoms with Gasteiger partial charge in [0.25, 0.3) is 0 Å². The Kier molecular flexibility index (Phi) is 2.49. The van der Waals surface area contributed by atoms with Crippen LogP contribution in [0.3, 0.4) is 0 Å². The molecule has 3 nitrogen and oxygen atoms in total. The molecule has 1 aliphatic rings. The molecule has 0 aromatic heterocycles. The molecule has 0 bridgehead atoms. The van der Waals surface area contributed by atoms with Crippen molar-refractivity contribution in [1.82, 2.24) is 5.32 Å². The molecule has 1 aromatic rings. The van der Waals surface area contributed by atoms with Crippen LogP contribution < -0.4 is 5.32 Å². The first kappa shape index (κ1) is 8.81. The third-order valence-corrected chi connectivity index (χ3v) is 1.98. The van der Waals surface area contributed by atoms with Gasteiger partial charge in [0.2, 0.25) is 0 Å². The Morgan fingerprint density at radius 2 is 2.14 bits per heavy atom. The molecule has 1 saturated heterocycles. The number of allylic oxidation sites excluding steroid dienone is 1. The summed E-state index contributed by atoms with van der Waals surface area (Å²) >= 11 is 0. The van der Waals surface area contributed by atoms with Crippen molar-refractivity contribution in [3.63, 3.8) is 0 Å². The Balaban J connectivity index is 2.13. The van der Waals surface area contributed by atoms with Crippen LogP contribution in [-0.2, 0) is 4.74 Å². The first-order valence-electron chi connectivity index (χ1n) is 4.54. The maximum absolute atomic E-state index is 11.6. The van der Waals surface area contributed by atoms with E-state index in [9.17, 15) is 4.79 Å². The van der Waals surface area contributed by atoms with Crippen molar-refractivity contribution in [3.8, 4) is 0 Å². The highest BCUT2D eigenvalue weighted by atomic mass is 16.5. The van der Waals surface area contributed by atoms with Crippen molar-refractivity contribution >= 4 is 5.78 Å². The minimum Gasteiger partial charge on any atom is -0.477 e. The van der Waals surface area contributed by atoms with E-state index in [-0.39, 0.29) is 5.78 Å². The molecule has 0 aliphatic carbocycles. The summed E-state index contributed by atoms with van der Waals surface area (Å²) in [4.78, 5) is 11.6. The third-order valence-electron chi connectivity index (χ3n) is 1.98. The molecule has 3 heteroatoms. The summed E-state index contributed by atoms with van der Waals surface area (Å²) in [6, 6.07) is 9.14. The van der Waals surface area contributed by atoms with Gasteiger partial charge in [-0.2, -0.15) is 0 Å². The summed E-state index contributed by atoms with van der Waals surface area (Å²) in [5.74, 6) is 0.536. The van der Waals surface area contributed by atoms with E-state index in [1.54, 1.807) is 12.1 Å². The third kappa shape index (κ3) is 1.93. The van der Waals surface area contributed by atoms with Crippen molar-refractivity contribution < 1.29 is 9.53 Å². The van der Waals surface area contributed by atoms with Crippen LogP contribution in [0.4, 0.5) is 0 Å². The number of carbonyl (C=O) groups excluding carboxylic acids is 1. The zero-order chi connectivity index (χ0) is 9.80. The number of nitrogens with one attached hydrogen (secondary N) is 1. The van der Waals surface area contributed by atoms with Crippen LogP contribution in [0, 0.1) is 0 Å². The molecule has 1 aromatic carbocycles. The molecule has 1 heterocycles. The van der Waals surface area contributed by atoms with E-state index in [0.717, 1.165) is 6.54 Å². The first-order valence-corrected chi connectivity index (χ1v) is 4.54. The van der Waals surface area contributed by atoms with Gasteiger partial charge in [0, 0.05) is 11.6 Å². The Bertz CT molecular complexity index is 349. The maximum Gasteiger partial charge on any atom is 0.191 e. The minimum absolute atomic E-state index is 0.0324. The van der Waals surface area contributed by atoms with Crippen LogP contribution in [0.25, 0.3) is 0 Å². The monoisotopic (exact) mass is 189 g/mol. The lowest BCUT2D eigenvalue weighted by atomic mass is 10.1. The van der Waals surface area contributed by atoms with E-state index >= 15 is 0 Å². The zero-order valence-corrected chi connectivity index (χ0v) is 7.69. The van der Waals surface area contributed by atoms with Gasteiger partial charge in [0.15, 0.2) is 11.7 Å². The van der Waals surface area contributed by atoms with Gasteiger partial charge in [-0.1, -0.05) is 30.3 Å². The van der Waals surface area contributed by atoms with Crippen LogP contribution >= 0.6 is 0 Å². The molecule has 0 radical (unpaired) electrons. The molecular formula is C11H11NO2. The maximum atomic E-state index is 11.6. The molecule has 14 heavy (non-hydrogen) atoms. The van der Waals surface area contributed by atoms with Crippen LogP contribution in [0.15, 0.2) is 42.3 Å². The molecule has 0 unspecified atom stereocenters. The van der Waals surface area contributed by atoms with Crippen molar-refractivity contribution in [3.05, 3.63) is 47.9 Å². The molecule has 0 amide bonds. The van der Waals surface area contributed by atoms with Gasteiger partial charge in [-0.05, 0) is 0 Å². The smallest absolute Gasteiger partial charge is 0.191 e. The molecular weight excluding hydrogens is 178 g/mol. The Labute approximate surface area is 82.4 Å². The summed E-state index contributed by atoms with van der Waals surface area (Å²) in [6.45, 7) is 1.40. The zero-order valence-electron chi connectivity index (χ0n) is 7.69. The van der Waals surface area contributed by atoms with Crippen molar-refractivity contribution in [2.24, 2.45) is 0 Å². The van der Waals surface area contributed by atoms with Gasteiger partial charge in [0.05, 0.1) is 6.54 Å². The number of benzene rings is 1. The van der Waals surface area contributed by atoms with Gasteiger partial charge < -0.3 is 10.1 Å². The normalized spacial score (nSPS) is 17.6. The van der Waals surface area contributed by atoms with Gasteiger partial charge >= 0.3 is 0 Å². The summed E-state index contributed by atoms with van der Waals surface area (Å²) in [7, 11) is 0. The lowest BCUT2D eigenvalue weighted by molar-refractivity contribution is 0.104. The van der Waals surface area contributed by atoms with Crippen molar-refractivity contribution in [2.45, 2.75) is 0 Å². The molecule has 72 valence electrons. The number of rotatable bonds is 2. The molecule has 2 rings (SSSR count). The fraction of sp³-hybridized carbons (Fsp3) is 0.182. The number of ketones is 1. The van der Waals surface area contributed by atoms with E-state index in [0.29, 0.717) is 18.1 Å². The van der Waals surface area contributed by atoms with E-state index < -0.39 is 0 Å². The van der Waals surface area contributed by atoms with Crippen molar-refractivity contribution in [1.29, 1.82) is 0 Å². The summed E-state index contributed by atoms with van der Waals surface area (Å²) < 4.78 is 5.17. The molecule has 1 N–H and O–H groups in total. The number of ether oxygens (including phenoxy) is 1. The first-order chi connectivity index (χ1) is 6.86. The molecule has 0 saturated carbocycles. The van der Waals surface area contributed by atoms with E-state index in [4.69, 9.17) is 4.74 Å². The average Bonchev–Trinajstić information content (AvgIpc) is 2.72. The van der Waals surface area contributed by atoms with Crippen molar-refractivity contribution in [2.75, 3.05) is 13.2 Å². The van der Waals surface area contributed by atoms with E-state index in [2.05, 4.69) is 5.32 Å². The predicted molar refractivity (Wildman–Crippen MR) is 52.8 cm³/mol. The lowest BCUT2D eigenvalue weighted by Gasteiger charge is -1.98. The number of carbonyl (C=O) groups is 1. The SMILES string of the molecule is O=C(/C=C1/NCCO1)c1ccccc1. The Hall–Kier alpha value is -1.77. The number of hydrogen-bond acceptors (Lipinski definition) is 3. The fourth-order valence-electron chi connectivity index (χ4n) is 1.28. The lowest BCUT2D eigenvalue weighted by Crippen LogP contribution is -2.07. The second-order valence-corrected chi connectivity index (χ2v) is 3.01. The highest BCUT2D eigenvalue weighted by molar-refractivity contribution is 6.04. The Morgan fingerprint density at radius 3 is 2.79 bits per heavy atom. The van der Waals surface area contributed by atoms with Crippen LogP contribution in [-0.4, -0.2) is 18.9 Å². The summed E-state index contributed by atoms with van der Waals surface area (Å²) in [5.41, 5.74) is 0.678. The van der Waals surface area contributed by atoms with E-state index in [1.807, 2.05) is 18.2 Å². The Morgan fingerprint density at radius 1 is 1.36 bits per heavy atom. The molecule has 1 fully saturated rings. The van der Waals surface area contributed by atoms with Crippen LogP contribution in [0.5, 0.6) is 0 Å². The summed E-state index contributed by atoms with van der Waals surface area (Å²) in [6.07, 6.45) is 1.49. The van der Waals surface area contributed by atoms with Gasteiger partial charge in [0.1, 0.15) is 6.61 Å².